The molecule has 1 saturated heterocycles. The van der Waals surface area contributed by atoms with Crippen molar-refractivity contribution in [2.24, 2.45) is 0 Å². The highest BCUT2D eigenvalue weighted by atomic mass is 16.1. The Morgan fingerprint density at radius 3 is 2.23 bits per heavy atom. The third kappa shape index (κ3) is 6.03. The molecule has 0 aromatic heterocycles. The van der Waals surface area contributed by atoms with Crippen molar-refractivity contribution in [3.8, 4) is 0 Å². The maximum absolute atomic E-state index is 12.7. The lowest BCUT2D eigenvalue weighted by Crippen LogP contribution is -3.08. The molecule has 0 saturated carbocycles. The fourth-order valence-corrected chi connectivity index (χ4v) is 4.38. The van der Waals surface area contributed by atoms with Gasteiger partial charge in [-0.25, -0.2) is 0 Å². The molecule has 1 aliphatic heterocycles. The number of amides is 1. The molecular formula is C27H33N3O+2. The zero-order valence-corrected chi connectivity index (χ0v) is 18.3. The van der Waals surface area contributed by atoms with Crippen molar-refractivity contribution in [1.82, 2.24) is 0 Å². The molecule has 0 spiro atoms. The number of nitrogens with one attached hydrogen (secondary N) is 2. The number of likely N-dealkylation sites (tertiary alicyclic amines) is 1. The third-order valence-corrected chi connectivity index (χ3v) is 6.14. The van der Waals surface area contributed by atoms with Crippen LogP contribution < -0.4 is 15.5 Å². The van der Waals surface area contributed by atoms with Crippen LogP contribution in [0, 0.1) is 6.92 Å². The Morgan fingerprint density at radius 2 is 1.55 bits per heavy atom. The summed E-state index contributed by atoms with van der Waals surface area (Å²) >= 11 is 0. The van der Waals surface area contributed by atoms with Crippen molar-refractivity contribution in [1.29, 1.82) is 0 Å². The van der Waals surface area contributed by atoms with Gasteiger partial charge in [0.25, 0.3) is 5.91 Å². The van der Waals surface area contributed by atoms with E-state index < -0.39 is 0 Å². The number of hydrogen-bond acceptors (Lipinski definition) is 1. The van der Waals surface area contributed by atoms with Crippen LogP contribution in [0.1, 0.15) is 41.1 Å². The molecule has 4 N–H and O–H groups in total. The molecule has 1 aliphatic rings. The lowest BCUT2D eigenvalue weighted by Gasteiger charge is -2.17. The lowest BCUT2D eigenvalue weighted by molar-refractivity contribution is -0.901. The van der Waals surface area contributed by atoms with E-state index in [-0.39, 0.29) is 11.9 Å². The van der Waals surface area contributed by atoms with Crippen molar-refractivity contribution in [2.75, 3.05) is 25.0 Å². The zero-order valence-electron chi connectivity index (χ0n) is 18.3. The number of nitrogens with two attached hydrogens (primary N) is 1. The highest BCUT2D eigenvalue weighted by Gasteiger charge is 2.19. The van der Waals surface area contributed by atoms with Gasteiger partial charge >= 0.3 is 0 Å². The summed E-state index contributed by atoms with van der Waals surface area (Å²) in [7, 11) is 0. The molecule has 0 bridgehead atoms. The number of aryl methyl sites for hydroxylation is 1. The van der Waals surface area contributed by atoms with E-state index in [1.54, 1.807) is 4.90 Å². The minimum atomic E-state index is 0.0194. The van der Waals surface area contributed by atoms with Crippen molar-refractivity contribution in [2.45, 2.75) is 32.4 Å². The number of rotatable bonds is 8. The van der Waals surface area contributed by atoms with Crippen molar-refractivity contribution in [3.05, 3.63) is 101 Å². The van der Waals surface area contributed by atoms with Gasteiger partial charge in [-0.05, 0) is 19.1 Å². The summed E-state index contributed by atoms with van der Waals surface area (Å²) in [5.41, 5.74) is 5.85. The van der Waals surface area contributed by atoms with Gasteiger partial charge in [0.15, 0.2) is 6.54 Å². The van der Waals surface area contributed by atoms with Crippen LogP contribution in [0.25, 0.3) is 0 Å². The highest BCUT2D eigenvalue weighted by molar-refractivity contribution is 5.91. The number of carbonyl (C=O) groups excluding carboxylic acids is 1. The predicted molar refractivity (Wildman–Crippen MR) is 125 cm³/mol. The first-order valence-corrected chi connectivity index (χ1v) is 11.3. The predicted octanol–water partition coefficient (Wildman–Crippen LogP) is 2.47. The normalized spacial score (nSPS) is 15.0. The van der Waals surface area contributed by atoms with E-state index >= 15 is 0 Å². The molecule has 3 aromatic carbocycles. The van der Waals surface area contributed by atoms with Crippen LogP contribution >= 0.6 is 0 Å². The standard InChI is InChI=1S/C27H31N3O/c1-21-9-13-24(14-10-21)27(23-7-3-2-4-8-23)28-19-26(31)29-25-15-11-22(12-16-25)20-30-17-5-6-18-30/h2-4,7-16,27-28H,5-6,17-20H2,1H3,(H,29,31)/p+2/t27-/m1/s1. The molecule has 1 amide bonds. The van der Waals surface area contributed by atoms with Crippen LogP contribution in [0.3, 0.4) is 0 Å². The topological polar surface area (TPSA) is 50.1 Å². The van der Waals surface area contributed by atoms with E-state index in [9.17, 15) is 4.79 Å². The van der Waals surface area contributed by atoms with Crippen LogP contribution in [0.5, 0.6) is 0 Å². The summed E-state index contributed by atoms with van der Waals surface area (Å²) < 4.78 is 0. The first kappa shape index (κ1) is 21.3. The molecule has 31 heavy (non-hydrogen) atoms. The fraction of sp³-hybridized carbons (Fsp3) is 0.296. The summed E-state index contributed by atoms with van der Waals surface area (Å²) in [6, 6.07) is 27.4. The Balaban J connectivity index is 1.35. The number of carbonyl (C=O) groups is 1. The SMILES string of the molecule is Cc1ccc([C@H]([NH2+]CC(=O)Nc2ccc(C[NH+]3CCCC3)cc2)c2ccccc2)cc1. The molecule has 1 heterocycles. The molecule has 4 heteroatoms. The van der Waals surface area contributed by atoms with Gasteiger partial charge in [0.05, 0.1) is 13.1 Å². The maximum atomic E-state index is 12.7. The Hall–Kier alpha value is -2.95. The van der Waals surface area contributed by atoms with Gasteiger partial charge in [-0.15, -0.1) is 0 Å². The van der Waals surface area contributed by atoms with Gasteiger partial charge in [-0.3, -0.25) is 4.79 Å². The van der Waals surface area contributed by atoms with Crippen LogP contribution in [-0.4, -0.2) is 25.5 Å². The number of hydrogen-bond donors (Lipinski definition) is 3. The fourth-order valence-electron chi connectivity index (χ4n) is 4.38. The largest absolute Gasteiger partial charge is 0.331 e. The van der Waals surface area contributed by atoms with E-state index in [0.29, 0.717) is 6.54 Å². The molecule has 3 aromatic rings. The summed E-state index contributed by atoms with van der Waals surface area (Å²) in [6.07, 6.45) is 2.68. The van der Waals surface area contributed by atoms with Crippen LogP contribution in [0.4, 0.5) is 5.69 Å². The highest BCUT2D eigenvalue weighted by Crippen LogP contribution is 2.18. The van der Waals surface area contributed by atoms with E-state index in [0.717, 1.165) is 12.2 Å². The molecule has 1 fully saturated rings. The molecule has 160 valence electrons. The van der Waals surface area contributed by atoms with Crippen molar-refractivity contribution < 1.29 is 15.0 Å². The van der Waals surface area contributed by atoms with E-state index in [4.69, 9.17) is 0 Å². The Bertz CT molecular complexity index is 962. The summed E-state index contributed by atoms with van der Waals surface area (Å²) in [5, 5.41) is 5.16. The minimum Gasteiger partial charge on any atom is -0.331 e. The van der Waals surface area contributed by atoms with Crippen LogP contribution in [0.2, 0.25) is 0 Å². The second-order valence-corrected chi connectivity index (χ2v) is 8.62. The quantitative estimate of drug-likeness (QED) is 0.520. The molecule has 0 unspecified atom stereocenters. The number of benzene rings is 3. The molecular weight excluding hydrogens is 382 g/mol. The second kappa shape index (κ2) is 10.4. The average Bonchev–Trinajstić information content (AvgIpc) is 3.30. The monoisotopic (exact) mass is 415 g/mol. The Kier molecular flexibility index (Phi) is 7.13. The van der Waals surface area contributed by atoms with Crippen LogP contribution in [0.15, 0.2) is 78.9 Å². The first-order chi connectivity index (χ1) is 15.2. The Morgan fingerprint density at radius 1 is 0.903 bits per heavy atom. The van der Waals surface area contributed by atoms with E-state index in [2.05, 4.69) is 78.2 Å². The summed E-state index contributed by atoms with van der Waals surface area (Å²) in [4.78, 5) is 14.3. The van der Waals surface area contributed by atoms with Gasteiger partial charge in [0.2, 0.25) is 0 Å². The molecule has 1 atom stereocenters. The molecule has 0 aliphatic carbocycles. The third-order valence-electron chi connectivity index (χ3n) is 6.14. The second-order valence-electron chi connectivity index (χ2n) is 8.62. The van der Waals surface area contributed by atoms with Crippen molar-refractivity contribution in [3.63, 3.8) is 0 Å². The summed E-state index contributed by atoms with van der Waals surface area (Å²) in [5.74, 6) is 0.0194. The number of anilines is 1. The molecule has 4 nitrogen and oxygen atoms in total. The lowest BCUT2D eigenvalue weighted by atomic mass is 9.98. The van der Waals surface area contributed by atoms with Gasteiger partial charge in [0, 0.05) is 35.2 Å². The van der Waals surface area contributed by atoms with Gasteiger partial charge in [0.1, 0.15) is 12.6 Å². The first-order valence-electron chi connectivity index (χ1n) is 11.3. The van der Waals surface area contributed by atoms with Crippen molar-refractivity contribution >= 4 is 11.6 Å². The Labute approximate surface area is 185 Å². The van der Waals surface area contributed by atoms with Gasteiger partial charge in [-0.1, -0.05) is 72.3 Å². The smallest absolute Gasteiger partial charge is 0.279 e. The van der Waals surface area contributed by atoms with E-state index in [1.807, 2.05) is 18.2 Å². The minimum absolute atomic E-state index is 0.0194. The van der Waals surface area contributed by atoms with Gasteiger partial charge in [-0.2, -0.15) is 0 Å². The van der Waals surface area contributed by atoms with Crippen LogP contribution in [-0.2, 0) is 11.3 Å². The van der Waals surface area contributed by atoms with Gasteiger partial charge < -0.3 is 15.5 Å². The number of quaternary nitrogens is 2. The maximum Gasteiger partial charge on any atom is 0.279 e. The average molecular weight is 416 g/mol. The molecule has 0 radical (unpaired) electrons. The van der Waals surface area contributed by atoms with E-state index in [1.165, 1.54) is 48.2 Å². The summed E-state index contributed by atoms with van der Waals surface area (Å²) in [6.45, 7) is 6.09. The molecule has 4 rings (SSSR count). The zero-order chi connectivity index (χ0) is 21.5.